The van der Waals surface area contributed by atoms with E-state index < -0.39 is 23.8 Å². The SMILES string of the molecule is CC(Oc1cccc(Cl)c1)C(=O)N1CCN(C(=O)c2ccccc2C(F)(F)F)CC1. The minimum atomic E-state index is -4.61. The Morgan fingerprint density at radius 3 is 2.27 bits per heavy atom. The van der Waals surface area contributed by atoms with Crippen molar-refractivity contribution in [1.29, 1.82) is 0 Å². The van der Waals surface area contributed by atoms with Crippen LogP contribution >= 0.6 is 11.6 Å². The second-order valence-corrected chi connectivity index (χ2v) is 7.31. The predicted molar refractivity (Wildman–Crippen MR) is 105 cm³/mol. The van der Waals surface area contributed by atoms with Gasteiger partial charge >= 0.3 is 6.18 Å². The molecule has 0 aromatic heterocycles. The van der Waals surface area contributed by atoms with Crippen molar-refractivity contribution in [3.63, 3.8) is 0 Å². The van der Waals surface area contributed by atoms with Crippen LogP contribution in [0.15, 0.2) is 48.5 Å². The molecule has 30 heavy (non-hydrogen) atoms. The summed E-state index contributed by atoms with van der Waals surface area (Å²) in [7, 11) is 0. The molecule has 0 N–H and O–H groups in total. The van der Waals surface area contributed by atoms with E-state index in [9.17, 15) is 22.8 Å². The summed E-state index contributed by atoms with van der Waals surface area (Å²) in [5.74, 6) is -0.503. The first-order valence-corrected chi connectivity index (χ1v) is 9.71. The molecular weight excluding hydrogens is 421 g/mol. The van der Waals surface area contributed by atoms with Gasteiger partial charge in [-0.05, 0) is 37.3 Å². The maximum absolute atomic E-state index is 13.2. The highest BCUT2D eigenvalue weighted by Crippen LogP contribution is 2.32. The Morgan fingerprint density at radius 1 is 1.00 bits per heavy atom. The van der Waals surface area contributed by atoms with Crippen molar-refractivity contribution >= 4 is 23.4 Å². The molecule has 1 unspecified atom stereocenters. The van der Waals surface area contributed by atoms with Crippen LogP contribution in [0.4, 0.5) is 13.2 Å². The Balaban J connectivity index is 1.61. The summed E-state index contributed by atoms with van der Waals surface area (Å²) in [6, 6.07) is 11.4. The molecule has 0 bridgehead atoms. The van der Waals surface area contributed by atoms with Crippen molar-refractivity contribution in [2.45, 2.75) is 19.2 Å². The van der Waals surface area contributed by atoms with Gasteiger partial charge in [0.25, 0.3) is 11.8 Å². The average Bonchev–Trinajstić information content (AvgIpc) is 2.72. The molecular formula is C21H20ClF3N2O3. The zero-order chi connectivity index (χ0) is 21.9. The van der Waals surface area contributed by atoms with Crippen LogP contribution in [0.3, 0.4) is 0 Å². The van der Waals surface area contributed by atoms with Gasteiger partial charge in [-0.15, -0.1) is 0 Å². The van der Waals surface area contributed by atoms with Crippen LogP contribution in [-0.4, -0.2) is 53.9 Å². The van der Waals surface area contributed by atoms with Gasteiger partial charge in [0.15, 0.2) is 6.10 Å². The average molecular weight is 441 g/mol. The molecule has 1 fully saturated rings. The van der Waals surface area contributed by atoms with Crippen LogP contribution in [0, 0.1) is 0 Å². The first-order valence-electron chi connectivity index (χ1n) is 9.33. The fourth-order valence-corrected chi connectivity index (χ4v) is 3.45. The highest BCUT2D eigenvalue weighted by molar-refractivity contribution is 6.30. The van der Waals surface area contributed by atoms with Crippen LogP contribution in [-0.2, 0) is 11.0 Å². The number of ether oxygens (including phenoxy) is 1. The third-order valence-corrected chi connectivity index (χ3v) is 5.03. The Kier molecular flexibility index (Phi) is 6.55. The van der Waals surface area contributed by atoms with Crippen molar-refractivity contribution in [1.82, 2.24) is 9.80 Å². The standard InChI is InChI=1S/C21H20ClF3N2O3/c1-14(30-16-6-4-5-15(22)13-16)19(28)26-9-11-27(12-10-26)20(29)17-7-2-3-8-18(17)21(23,24)25/h2-8,13-14H,9-12H2,1H3. The van der Waals surface area contributed by atoms with E-state index >= 15 is 0 Å². The van der Waals surface area contributed by atoms with Crippen molar-refractivity contribution in [2.75, 3.05) is 26.2 Å². The van der Waals surface area contributed by atoms with Crippen molar-refractivity contribution < 1.29 is 27.5 Å². The third-order valence-electron chi connectivity index (χ3n) is 4.80. The number of carbonyl (C=O) groups excluding carboxylic acids is 2. The monoisotopic (exact) mass is 440 g/mol. The summed E-state index contributed by atoms with van der Waals surface area (Å²) >= 11 is 5.91. The van der Waals surface area contributed by atoms with Crippen LogP contribution in [0.25, 0.3) is 0 Å². The third kappa shape index (κ3) is 5.05. The molecule has 5 nitrogen and oxygen atoms in total. The fraction of sp³-hybridized carbons (Fsp3) is 0.333. The topological polar surface area (TPSA) is 49.9 Å². The van der Waals surface area contributed by atoms with Gasteiger partial charge in [0, 0.05) is 31.2 Å². The molecule has 1 aliphatic heterocycles. The number of rotatable bonds is 4. The highest BCUT2D eigenvalue weighted by Gasteiger charge is 2.36. The molecule has 0 saturated carbocycles. The predicted octanol–water partition coefficient (Wildman–Crippen LogP) is 4.11. The molecule has 0 spiro atoms. The summed E-state index contributed by atoms with van der Waals surface area (Å²) in [4.78, 5) is 28.1. The van der Waals surface area contributed by atoms with Crippen molar-refractivity contribution in [2.24, 2.45) is 0 Å². The quantitative estimate of drug-likeness (QED) is 0.719. The number of alkyl halides is 3. The lowest BCUT2D eigenvalue weighted by atomic mass is 10.1. The maximum Gasteiger partial charge on any atom is 0.417 e. The summed E-state index contributed by atoms with van der Waals surface area (Å²) in [5.41, 5.74) is -1.35. The van der Waals surface area contributed by atoms with E-state index in [2.05, 4.69) is 0 Å². The van der Waals surface area contributed by atoms with Crippen LogP contribution in [0.1, 0.15) is 22.8 Å². The van der Waals surface area contributed by atoms with E-state index in [1.165, 1.54) is 28.0 Å². The number of carbonyl (C=O) groups is 2. The Morgan fingerprint density at radius 2 is 1.63 bits per heavy atom. The van der Waals surface area contributed by atoms with E-state index in [1.807, 2.05) is 0 Å². The lowest BCUT2D eigenvalue weighted by Gasteiger charge is -2.36. The molecule has 9 heteroatoms. The fourth-order valence-electron chi connectivity index (χ4n) is 3.27. The van der Waals surface area contributed by atoms with Crippen molar-refractivity contribution in [3.8, 4) is 5.75 Å². The van der Waals surface area contributed by atoms with Crippen molar-refractivity contribution in [3.05, 3.63) is 64.7 Å². The molecule has 1 aliphatic rings. The number of nitrogens with zero attached hydrogens (tertiary/aromatic N) is 2. The highest BCUT2D eigenvalue weighted by atomic mass is 35.5. The van der Waals surface area contributed by atoms with E-state index in [1.54, 1.807) is 31.2 Å². The number of benzene rings is 2. The Hall–Kier alpha value is -2.74. The summed E-state index contributed by atoms with van der Waals surface area (Å²) in [6.45, 7) is 2.31. The largest absolute Gasteiger partial charge is 0.481 e. The number of halogens is 4. The molecule has 1 atom stereocenters. The number of hydrogen-bond donors (Lipinski definition) is 0. The maximum atomic E-state index is 13.2. The van der Waals surface area contributed by atoms with Gasteiger partial charge in [0.05, 0.1) is 11.1 Å². The zero-order valence-corrected chi connectivity index (χ0v) is 16.9. The summed E-state index contributed by atoms with van der Waals surface area (Å²) in [6.07, 6.45) is -5.38. The van der Waals surface area contributed by atoms with Gasteiger partial charge < -0.3 is 14.5 Å². The molecule has 1 saturated heterocycles. The molecule has 2 aromatic carbocycles. The second kappa shape index (κ2) is 8.95. The minimum absolute atomic E-state index is 0.140. The summed E-state index contributed by atoms with van der Waals surface area (Å²) < 4.78 is 45.2. The number of amides is 2. The molecule has 1 heterocycles. The minimum Gasteiger partial charge on any atom is -0.481 e. The van der Waals surface area contributed by atoms with Gasteiger partial charge in [-0.2, -0.15) is 13.2 Å². The lowest BCUT2D eigenvalue weighted by Crippen LogP contribution is -2.53. The number of piperazine rings is 1. The van der Waals surface area contributed by atoms with Gasteiger partial charge in [0.1, 0.15) is 5.75 Å². The van der Waals surface area contributed by atoms with Crippen LogP contribution in [0.2, 0.25) is 5.02 Å². The molecule has 160 valence electrons. The Labute approximate surface area is 177 Å². The van der Waals surface area contributed by atoms with E-state index in [4.69, 9.17) is 16.3 Å². The lowest BCUT2D eigenvalue weighted by molar-refractivity contribution is -0.139. The first-order chi connectivity index (χ1) is 14.2. The van der Waals surface area contributed by atoms with E-state index in [0.717, 1.165) is 6.07 Å². The molecule has 2 amide bonds. The Bertz CT molecular complexity index is 928. The second-order valence-electron chi connectivity index (χ2n) is 6.88. The molecule has 2 aromatic rings. The van der Waals surface area contributed by atoms with Gasteiger partial charge in [0.2, 0.25) is 0 Å². The van der Waals surface area contributed by atoms with Gasteiger partial charge in [-0.3, -0.25) is 9.59 Å². The smallest absolute Gasteiger partial charge is 0.417 e. The van der Waals surface area contributed by atoms with Crippen LogP contribution in [0.5, 0.6) is 5.75 Å². The number of hydrogen-bond acceptors (Lipinski definition) is 3. The molecule has 3 rings (SSSR count). The van der Waals surface area contributed by atoms with E-state index in [0.29, 0.717) is 10.8 Å². The van der Waals surface area contributed by atoms with E-state index in [-0.39, 0.29) is 37.6 Å². The van der Waals surface area contributed by atoms with Gasteiger partial charge in [-0.1, -0.05) is 29.8 Å². The zero-order valence-electron chi connectivity index (χ0n) is 16.2. The molecule has 0 radical (unpaired) electrons. The molecule has 0 aliphatic carbocycles. The van der Waals surface area contributed by atoms with Crippen LogP contribution < -0.4 is 4.74 Å². The van der Waals surface area contributed by atoms with Gasteiger partial charge in [-0.25, -0.2) is 0 Å². The first kappa shape index (κ1) is 22.0. The normalized spacial score (nSPS) is 15.6. The summed E-state index contributed by atoms with van der Waals surface area (Å²) in [5, 5.41) is 0.485.